The Balaban J connectivity index is 2.21. The molecule has 1 aromatic heterocycles. The number of halogens is 1. The van der Waals surface area contributed by atoms with E-state index in [1.165, 1.54) is 34.6 Å². The normalized spacial score (nSPS) is 24.5. The average molecular weight is 597 g/mol. The molecule has 16 nitrogen and oxygen atoms in total. The zero-order valence-electron chi connectivity index (χ0n) is 22.2. The lowest BCUT2D eigenvalue weighted by atomic mass is 9.94. The van der Waals surface area contributed by atoms with E-state index in [1.807, 2.05) is 5.92 Å². The molecule has 0 saturated carbocycles. The first-order valence-electron chi connectivity index (χ1n) is 11.6. The van der Waals surface area contributed by atoms with Gasteiger partial charge in [-0.25, -0.2) is 41.9 Å². The standard InChI is InChI=1S/C22H30FN2O14P/c1-7-21(30)17(27)22(23,39-18(21)25-9-8-16(26)24-15(25)6)10-34-40(31,35-11-32-19(28)37-13(2)3)36-12-33-20(29)38-14(4)5/h1,8-9,13-14,17-18,27,30H,10-12H2,2-6H3/p+1/t17-,18+,21+,22+/m0/s1. The minimum Gasteiger partial charge on any atom is -0.432 e. The van der Waals surface area contributed by atoms with Gasteiger partial charge in [0.2, 0.25) is 25.4 Å². The number of alkyl halides is 1. The predicted octanol–water partition coefficient (Wildman–Crippen LogP) is 1.09. The number of aliphatic hydroxyl groups is 2. The second-order valence-corrected chi connectivity index (χ2v) is 10.4. The maximum atomic E-state index is 15.9. The van der Waals surface area contributed by atoms with Gasteiger partial charge in [-0.2, -0.15) is 0 Å². The number of ether oxygens (including phenoxy) is 5. The molecule has 1 fully saturated rings. The van der Waals surface area contributed by atoms with Crippen LogP contribution >= 0.6 is 7.82 Å². The van der Waals surface area contributed by atoms with Crippen LogP contribution in [0.4, 0.5) is 14.0 Å². The highest BCUT2D eigenvalue weighted by Crippen LogP contribution is 2.52. The van der Waals surface area contributed by atoms with Gasteiger partial charge in [-0.05, 0) is 27.7 Å². The summed E-state index contributed by atoms with van der Waals surface area (Å²) in [6.45, 7) is 3.86. The molecule has 1 aliphatic rings. The van der Waals surface area contributed by atoms with E-state index < -0.39 is 81.9 Å². The number of aromatic amines is 1. The highest BCUT2D eigenvalue weighted by Gasteiger charge is 2.67. The summed E-state index contributed by atoms with van der Waals surface area (Å²) >= 11 is 0. The molecule has 4 atom stereocenters. The lowest BCUT2D eigenvalue weighted by Gasteiger charge is -2.26. The SMILES string of the molecule is C#C[C@]1(O)[C@H]([n+]2ccc(=O)[nH]c2C)O[C@](F)(COP(=O)(OCOC(=O)OC(C)C)OCOC(=O)OC(C)C)[C@H]1O. The molecule has 0 amide bonds. The van der Waals surface area contributed by atoms with Crippen molar-refractivity contribution < 1.29 is 70.6 Å². The number of terminal acetylenes is 1. The number of phosphoric ester groups is 1. The Morgan fingerprint density at radius 2 is 1.70 bits per heavy atom. The van der Waals surface area contributed by atoms with E-state index in [1.54, 1.807) is 0 Å². The van der Waals surface area contributed by atoms with Crippen LogP contribution in [-0.2, 0) is 41.8 Å². The maximum Gasteiger partial charge on any atom is 0.510 e. The fraction of sp³-hybridized carbons (Fsp3) is 0.636. The number of hydrogen-bond donors (Lipinski definition) is 3. The van der Waals surface area contributed by atoms with E-state index in [0.29, 0.717) is 0 Å². The van der Waals surface area contributed by atoms with Gasteiger partial charge in [0, 0.05) is 6.92 Å². The van der Waals surface area contributed by atoms with Crippen LogP contribution in [0.25, 0.3) is 0 Å². The molecule has 224 valence electrons. The van der Waals surface area contributed by atoms with Crippen molar-refractivity contribution in [2.45, 2.75) is 70.6 Å². The van der Waals surface area contributed by atoms with Gasteiger partial charge in [0.05, 0.1) is 18.3 Å². The summed E-state index contributed by atoms with van der Waals surface area (Å²) in [7, 11) is -4.96. The first-order valence-corrected chi connectivity index (χ1v) is 13.1. The fourth-order valence-electron chi connectivity index (χ4n) is 3.14. The number of aryl methyl sites for hydroxylation is 1. The summed E-state index contributed by atoms with van der Waals surface area (Å²) < 4.78 is 68.4. The van der Waals surface area contributed by atoms with Crippen molar-refractivity contribution in [1.82, 2.24) is 4.98 Å². The summed E-state index contributed by atoms with van der Waals surface area (Å²) in [5.41, 5.74) is -3.24. The largest absolute Gasteiger partial charge is 0.510 e. The summed E-state index contributed by atoms with van der Waals surface area (Å²) in [5.74, 6) is -1.43. The van der Waals surface area contributed by atoms with Gasteiger partial charge in [-0.3, -0.25) is 9.26 Å². The van der Waals surface area contributed by atoms with E-state index in [4.69, 9.17) is 34.2 Å². The first kappa shape index (κ1) is 33.1. The van der Waals surface area contributed by atoms with Gasteiger partial charge in [0.1, 0.15) is 12.8 Å². The van der Waals surface area contributed by atoms with Crippen LogP contribution in [0.15, 0.2) is 17.1 Å². The minimum absolute atomic E-state index is 0.0664. The molecule has 0 aliphatic carbocycles. The molecule has 3 N–H and O–H groups in total. The minimum atomic E-state index is -4.96. The van der Waals surface area contributed by atoms with Crippen molar-refractivity contribution in [3.8, 4) is 12.3 Å². The number of H-pyrrole nitrogens is 1. The van der Waals surface area contributed by atoms with Gasteiger partial charge in [0.25, 0.3) is 11.7 Å². The van der Waals surface area contributed by atoms with Crippen LogP contribution in [0, 0.1) is 19.3 Å². The molecular formula is C22H31FN2O14P+. The van der Waals surface area contributed by atoms with E-state index in [0.717, 1.165) is 16.8 Å². The molecular weight excluding hydrogens is 566 g/mol. The second kappa shape index (κ2) is 13.5. The molecule has 1 aliphatic heterocycles. The van der Waals surface area contributed by atoms with Crippen LogP contribution in [0.3, 0.4) is 0 Å². The molecule has 0 radical (unpaired) electrons. The Kier molecular flexibility index (Phi) is 11.2. The van der Waals surface area contributed by atoms with Crippen molar-refractivity contribution in [2.75, 3.05) is 20.2 Å². The van der Waals surface area contributed by atoms with Crippen molar-refractivity contribution in [3.05, 3.63) is 28.4 Å². The Morgan fingerprint density at radius 3 is 2.15 bits per heavy atom. The highest BCUT2D eigenvalue weighted by atomic mass is 31.2. The smallest absolute Gasteiger partial charge is 0.432 e. The summed E-state index contributed by atoms with van der Waals surface area (Å²) in [4.78, 5) is 37.1. The number of carbonyl (C=O) groups excluding carboxylic acids is 2. The van der Waals surface area contributed by atoms with Crippen LogP contribution in [-0.4, -0.2) is 77.5 Å². The van der Waals surface area contributed by atoms with Gasteiger partial charge < -0.3 is 29.2 Å². The molecule has 2 rings (SSSR count). The second-order valence-electron chi connectivity index (χ2n) is 8.76. The van der Waals surface area contributed by atoms with Gasteiger partial charge in [-0.15, -0.1) is 6.42 Å². The third-order valence-electron chi connectivity index (χ3n) is 4.93. The van der Waals surface area contributed by atoms with Crippen molar-refractivity contribution in [2.24, 2.45) is 0 Å². The molecule has 18 heteroatoms. The maximum absolute atomic E-state index is 15.9. The van der Waals surface area contributed by atoms with Crippen LogP contribution in [0.1, 0.15) is 39.7 Å². The van der Waals surface area contributed by atoms with Crippen molar-refractivity contribution in [3.63, 3.8) is 0 Å². The first-order chi connectivity index (χ1) is 18.5. The van der Waals surface area contributed by atoms with Gasteiger partial charge in [0.15, 0.2) is 6.10 Å². The van der Waals surface area contributed by atoms with Crippen molar-refractivity contribution in [1.29, 1.82) is 0 Å². The number of nitrogens with one attached hydrogen (secondary N) is 1. The highest BCUT2D eigenvalue weighted by molar-refractivity contribution is 7.48. The molecule has 0 spiro atoms. The summed E-state index contributed by atoms with van der Waals surface area (Å²) in [6.07, 6.45) is -1.38. The molecule has 0 unspecified atom stereocenters. The van der Waals surface area contributed by atoms with E-state index in [-0.39, 0.29) is 5.82 Å². The zero-order valence-corrected chi connectivity index (χ0v) is 23.1. The van der Waals surface area contributed by atoms with Crippen LogP contribution < -0.4 is 10.1 Å². The van der Waals surface area contributed by atoms with Gasteiger partial charge in [-0.1, -0.05) is 5.92 Å². The Labute approximate surface area is 227 Å². The zero-order chi connectivity index (χ0) is 30.3. The Morgan fingerprint density at radius 1 is 1.18 bits per heavy atom. The molecule has 40 heavy (non-hydrogen) atoms. The van der Waals surface area contributed by atoms with Crippen molar-refractivity contribution >= 4 is 20.1 Å². The molecule has 1 saturated heterocycles. The number of hydrogen-bond acceptors (Lipinski definition) is 14. The molecule has 1 aromatic rings. The molecule has 0 bridgehead atoms. The molecule has 2 heterocycles. The number of rotatable bonds is 12. The van der Waals surface area contributed by atoms with E-state index >= 15 is 4.39 Å². The Bertz CT molecular complexity index is 1170. The quantitative estimate of drug-likeness (QED) is 0.102. The van der Waals surface area contributed by atoms with Crippen LogP contribution in [0.5, 0.6) is 0 Å². The summed E-state index contributed by atoms with van der Waals surface area (Å²) in [6, 6.07) is 1.03. The van der Waals surface area contributed by atoms with E-state index in [2.05, 4.69) is 14.5 Å². The number of aliphatic hydroxyl groups excluding tert-OH is 1. The third-order valence-corrected chi connectivity index (χ3v) is 6.22. The number of phosphoric acid groups is 1. The molecule has 0 aromatic carbocycles. The fourth-order valence-corrected chi connectivity index (χ4v) is 4.07. The third kappa shape index (κ3) is 8.45. The monoisotopic (exact) mass is 597 g/mol. The summed E-state index contributed by atoms with van der Waals surface area (Å²) in [5, 5.41) is 21.5. The topological polar surface area (TPSA) is 202 Å². The predicted molar refractivity (Wildman–Crippen MR) is 127 cm³/mol. The van der Waals surface area contributed by atoms with Crippen LogP contribution in [0.2, 0.25) is 0 Å². The number of aromatic nitrogens is 2. The van der Waals surface area contributed by atoms with Gasteiger partial charge >= 0.3 is 25.7 Å². The van der Waals surface area contributed by atoms with E-state index in [9.17, 15) is 29.2 Å². The number of carbonyl (C=O) groups is 2. The Hall–Kier alpha value is -3.10. The average Bonchev–Trinajstić information content (AvgIpc) is 3.04. The lowest BCUT2D eigenvalue weighted by Crippen LogP contribution is -2.57. The lowest BCUT2D eigenvalue weighted by molar-refractivity contribution is -0.780. The number of nitrogens with zero attached hydrogens (tertiary/aromatic N) is 1.